The van der Waals surface area contributed by atoms with Crippen molar-refractivity contribution in [2.24, 2.45) is 0 Å². The predicted molar refractivity (Wildman–Crippen MR) is 114 cm³/mol. The second-order valence-corrected chi connectivity index (χ2v) is 7.90. The van der Waals surface area contributed by atoms with E-state index in [0.717, 1.165) is 11.8 Å². The van der Waals surface area contributed by atoms with Crippen molar-refractivity contribution in [2.45, 2.75) is 0 Å². The summed E-state index contributed by atoms with van der Waals surface area (Å²) in [5, 5.41) is 2.78. The van der Waals surface area contributed by atoms with Crippen LogP contribution < -0.4 is 10.2 Å². The number of nitrogens with zero attached hydrogens (tertiary/aromatic N) is 2. The quantitative estimate of drug-likeness (QED) is 0.624. The fourth-order valence-electron chi connectivity index (χ4n) is 3.11. The fraction of sp³-hybridized carbons (Fsp3) is 0.100. The molecular formula is C20H15N3O3S2. The van der Waals surface area contributed by atoms with Crippen molar-refractivity contribution in [3.63, 3.8) is 0 Å². The van der Waals surface area contributed by atoms with Crippen LogP contribution in [0.15, 0.2) is 59.5 Å². The molecule has 6 nitrogen and oxygen atoms in total. The topological polar surface area (TPSA) is 69.7 Å². The van der Waals surface area contributed by atoms with Crippen LogP contribution >= 0.6 is 24.0 Å². The van der Waals surface area contributed by atoms with Gasteiger partial charge in [0.15, 0.2) is 0 Å². The first kappa shape index (κ1) is 18.4. The van der Waals surface area contributed by atoms with E-state index in [1.807, 2.05) is 18.2 Å². The van der Waals surface area contributed by atoms with Gasteiger partial charge in [-0.05, 0) is 18.2 Å². The van der Waals surface area contributed by atoms with Crippen LogP contribution in [0.2, 0.25) is 0 Å². The van der Waals surface area contributed by atoms with Crippen molar-refractivity contribution in [3.8, 4) is 0 Å². The average molecular weight is 409 g/mol. The minimum Gasteiger partial charge on any atom is -0.325 e. The largest absolute Gasteiger partial charge is 0.325 e. The molecule has 1 N–H and O–H groups in total. The Morgan fingerprint density at radius 1 is 1.04 bits per heavy atom. The molecule has 140 valence electrons. The van der Waals surface area contributed by atoms with E-state index < -0.39 is 0 Å². The molecule has 8 heteroatoms. The highest BCUT2D eigenvalue weighted by Gasteiger charge is 2.41. The van der Waals surface area contributed by atoms with Crippen LogP contribution in [0.5, 0.6) is 0 Å². The van der Waals surface area contributed by atoms with Crippen molar-refractivity contribution in [1.82, 2.24) is 4.90 Å². The zero-order valence-corrected chi connectivity index (χ0v) is 16.5. The number of rotatable bonds is 3. The first-order valence-electron chi connectivity index (χ1n) is 8.47. The first-order valence-corrected chi connectivity index (χ1v) is 9.70. The second kappa shape index (κ2) is 7.21. The predicted octanol–water partition coefficient (Wildman–Crippen LogP) is 2.87. The van der Waals surface area contributed by atoms with E-state index in [4.69, 9.17) is 12.2 Å². The number of benzene rings is 2. The Morgan fingerprint density at radius 2 is 1.71 bits per heavy atom. The van der Waals surface area contributed by atoms with Crippen LogP contribution in [0.1, 0.15) is 5.56 Å². The molecule has 3 amide bonds. The highest BCUT2D eigenvalue weighted by molar-refractivity contribution is 8.26. The van der Waals surface area contributed by atoms with Gasteiger partial charge in [0.1, 0.15) is 10.9 Å². The summed E-state index contributed by atoms with van der Waals surface area (Å²) in [6, 6.07) is 16.2. The van der Waals surface area contributed by atoms with Gasteiger partial charge >= 0.3 is 0 Å². The van der Waals surface area contributed by atoms with Gasteiger partial charge in [0.05, 0.1) is 16.2 Å². The third kappa shape index (κ3) is 3.10. The number of amides is 3. The van der Waals surface area contributed by atoms with Crippen LogP contribution in [0.3, 0.4) is 0 Å². The number of anilines is 2. The summed E-state index contributed by atoms with van der Waals surface area (Å²) in [5.74, 6) is -0.999. The number of para-hydroxylation sites is 2. The summed E-state index contributed by atoms with van der Waals surface area (Å²) in [4.78, 5) is 41.2. The molecule has 0 spiro atoms. The maximum Gasteiger partial charge on any atom is 0.266 e. The summed E-state index contributed by atoms with van der Waals surface area (Å²) in [5.41, 5.74) is 2.19. The van der Waals surface area contributed by atoms with Crippen molar-refractivity contribution >= 4 is 63.0 Å². The van der Waals surface area contributed by atoms with Crippen molar-refractivity contribution in [2.75, 3.05) is 23.8 Å². The van der Waals surface area contributed by atoms with Gasteiger partial charge < -0.3 is 5.32 Å². The number of fused-ring (bicyclic) bond motifs is 1. The lowest BCUT2D eigenvalue weighted by atomic mass is 10.1. The molecule has 1 fully saturated rings. The summed E-state index contributed by atoms with van der Waals surface area (Å²) in [6.07, 6.45) is 0. The number of nitrogens with one attached hydrogen (secondary N) is 1. The molecule has 0 saturated carbocycles. The molecule has 0 atom stereocenters. The van der Waals surface area contributed by atoms with Crippen LogP contribution in [-0.4, -0.2) is 40.5 Å². The summed E-state index contributed by atoms with van der Waals surface area (Å²) in [7, 11) is 1.58. The number of thiocarbonyl (C=S) groups is 1. The molecule has 0 radical (unpaired) electrons. The van der Waals surface area contributed by atoms with E-state index in [1.165, 1.54) is 9.80 Å². The Labute approximate surface area is 171 Å². The SMILES string of the molecule is CN1C(=O)/C(=C2\C(=O)N(CC(=O)Nc3ccccc3)c3ccccc32)SC1=S. The van der Waals surface area contributed by atoms with Crippen LogP contribution in [0.25, 0.3) is 5.57 Å². The van der Waals surface area contributed by atoms with E-state index in [0.29, 0.717) is 31.7 Å². The summed E-state index contributed by atoms with van der Waals surface area (Å²) in [6.45, 7) is -0.152. The Balaban J connectivity index is 1.67. The third-order valence-electron chi connectivity index (χ3n) is 4.47. The monoisotopic (exact) mass is 409 g/mol. The van der Waals surface area contributed by atoms with Crippen molar-refractivity contribution in [3.05, 3.63) is 65.1 Å². The van der Waals surface area contributed by atoms with Gasteiger partial charge in [0.25, 0.3) is 11.8 Å². The lowest BCUT2D eigenvalue weighted by Gasteiger charge is -2.16. The van der Waals surface area contributed by atoms with Gasteiger partial charge in [-0.2, -0.15) is 0 Å². The van der Waals surface area contributed by atoms with Gasteiger partial charge in [-0.15, -0.1) is 0 Å². The van der Waals surface area contributed by atoms with E-state index in [9.17, 15) is 14.4 Å². The van der Waals surface area contributed by atoms with Gasteiger partial charge in [0.2, 0.25) is 5.91 Å². The Bertz CT molecular complexity index is 1050. The average Bonchev–Trinajstić information content (AvgIpc) is 3.10. The molecule has 2 aliphatic heterocycles. The highest BCUT2D eigenvalue weighted by Crippen LogP contribution is 2.44. The molecule has 0 aliphatic carbocycles. The molecule has 2 aromatic carbocycles. The maximum atomic E-state index is 13.2. The Hall–Kier alpha value is -2.97. The Kier molecular flexibility index (Phi) is 4.74. The normalized spacial score (nSPS) is 18.7. The molecule has 4 rings (SSSR count). The standard InChI is InChI=1S/C20H15N3O3S2/c1-22-19(26)17(28-20(22)27)16-13-9-5-6-10-14(13)23(18(16)25)11-15(24)21-12-7-3-2-4-8-12/h2-10H,11H2,1H3,(H,21,24)/b17-16+. The number of hydrogen-bond acceptors (Lipinski definition) is 5. The lowest BCUT2D eigenvalue weighted by Crippen LogP contribution is -2.35. The number of carbonyl (C=O) groups is 3. The first-order chi connectivity index (χ1) is 13.5. The molecule has 0 unspecified atom stereocenters. The van der Waals surface area contributed by atoms with Gasteiger partial charge in [-0.3, -0.25) is 24.2 Å². The zero-order chi connectivity index (χ0) is 19.8. The minimum absolute atomic E-state index is 0.152. The third-order valence-corrected chi connectivity index (χ3v) is 6.03. The molecule has 0 aromatic heterocycles. The van der Waals surface area contributed by atoms with Gasteiger partial charge in [-0.1, -0.05) is 60.4 Å². The fourth-order valence-corrected chi connectivity index (χ4v) is 4.37. The smallest absolute Gasteiger partial charge is 0.266 e. The second-order valence-electron chi connectivity index (χ2n) is 6.26. The molecule has 0 bridgehead atoms. The number of hydrogen-bond donors (Lipinski definition) is 1. The van der Waals surface area contributed by atoms with Crippen molar-refractivity contribution < 1.29 is 14.4 Å². The number of thioether (sulfide) groups is 1. The van der Waals surface area contributed by atoms with Gasteiger partial charge in [-0.25, -0.2) is 0 Å². The zero-order valence-electron chi connectivity index (χ0n) is 14.8. The summed E-state index contributed by atoms with van der Waals surface area (Å²) < 4.78 is 0.401. The van der Waals surface area contributed by atoms with E-state index >= 15 is 0 Å². The lowest BCUT2D eigenvalue weighted by molar-refractivity contribution is -0.121. The highest BCUT2D eigenvalue weighted by atomic mass is 32.2. The van der Waals surface area contributed by atoms with Crippen molar-refractivity contribution in [1.29, 1.82) is 0 Å². The molecule has 2 aromatic rings. The molecule has 2 aliphatic rings. The number of carbonyl (C=O) groups excluding carboxylic acids is 3. The van der Waals surface area contributed by atoms with E-state index in [2.05, 4.69) is 5.32 Å². The van der Waals surface area contributed by atoms with Crippen LogP contribution in [0, 0.1) is 0 Å². The van der Waals surface area contributed by atoms with Crippen LogP contribution in [-0.2, 0) is 14.4 Å². The Morgan fingerprint density at radius 3 is 2.39 bits per heavy atom. The molecular weight excluding hydrogens is 394 g/mol. The van der Waals surface area contributed by atoms with Crippen LogP contribution in [0.4, 0.5) is 11.4 Å². The molecule has 1 saturated heterocycles. The van der Waals surface area contributed by atoms with Gasteiger partial charge in [0, 0.05) is 18.3 Å². The van der Waals surface area contributed by atoms with E-state index in [-0.39, 0.29) is 24.3 Å². The minimum atomic E-state index is -0.377. The maximum absolute atomic E-state index is 13.2. The number of likely N-dealkylation sites (N-methyl/N-ethyl adjacent to an activating group) is 1. The summed E-state index contributed by atoms with van der Waals surface area (Å²) >= 11 is 6.30. The molecule has 2 heterocycles. The molecule has 28 heavy (non-hydrogen) atoms. The van der Waals surface area contributed by atoms with E-state index in [1.54, 1.807) is 43.4 Å².